The number of hydrogen-bond donors (Lipinski definition) is 1. The minimum atomic E-state index is -0.176. The number of H-pyrrole nitrogens is 1. The monoisotopic (exact) mass is 359 g/mol. The summed E-state index contributed by atoms with van der Waals surface area (Å²) in [5.41, 5.74) is 2.29. The molecule has 0 amide bonds. The average Bonchev–Trinajstić information content (AvgIpc) is 3.07. The Bertz CT molecular complexity index is 692. The van der Waals surface area contributed by atoms with Gasteiger partial charge in [-0.05, 0) is 37.1 Å². The van der Waals surface area contributed by atoms with Gasteiger partial charge in [0.05, 0.1) is 25.1 Å². The SMILES string of the molecule is Fc1ccc(CN2CCC[C@]3(COCCN(Cc4cn[nH]n4)C3)C2)cc1. The normalized spacial score (nSPS) is 25.4. The maximum atomic E-state index is 13.1. The zero-order chi connectivity index (χ0) is 17.8. The number of hydrogen-bond acceptors (Lipinski definition) is 5. The van der Waals surface area contributed by atoms with Crippen LogP contribution in [0.25, 0.3) is 0 Å². The first-order valence-corrected chi connectivity index (χ1v) is 9.32. The molecule has 1 N–H and O–H groups in total. The molecule has 0 aliphatic carbocycles. The summed E-state index contributed by atoms with van der Waals surface area (Å²) >= 11 is 0. The first-order chi connectivity index (χ1) is 12.7. The number of nitrogens with zero attached hydrogens (tertiary/aromatic N) is 4. The first kappa shape index (κ1) is 17.6. The van der Waals surface area contributed by atoms with Gasteiger partial charge in [-0.25, -0.2) is 4.39 Å². The molecule has 2 fully saturated rings. The Hall–Kier alpha value is -1.83. The van der Waals surface area contributed by atoms with Gasteiger partial charge in [0.1, 0.15) is 5.82 Å². The van der Waals surface area contributed by atoms with Crippen molar-refractivity contribution in [2.24, 2.45) is 5.41 Å². The van der Waals surface area contributed by atoms with Crippen LogP contribution in [0, 0.1) is 11.2 Å². The number of ether oxygens (including phenoxy) is 1. The second-order valence-corrected chi connectivity index (χ2v) is 7.67. The third-order valence-corrected chi connectivity index (χ3v) is 5.43. The van der Waals surface area contributed by atoms with E-state index in [2.05, 4.69) is 25.2 Å². The lowest BCUT2D eigenvalue weighted by Gasteiger charge is -2.43. The molecule has 0 bridgehead atoms. The molecule has 2 aliphatic rings. The van der Waals surface area contributed by atoms with Crippen molar-refractivity contribution in [1.82, 2.24) is 25.2 Å². The molecule has 6 nitrogen and oxygen atoms in total. The van der Waals surface area contributed by atoms with Crippen molar-refractivity contribution in [3.63, 3.8) is 0 Å². The van der Waals surface area contributed by atoms with E-state index in [-0.39, 0.29) is 11.2 Å². The molecule has 2 saturated heterocycles. The molecule has 0 unspecified atom stereocenters. The van der Waals surface area contributed by atoms with Gasteiger partial charge in [0.2, 0.25) is 0 Å². The van der Waals surface area contributed by atoms with Crippen LogP contribution in [0.5, 0.6) is 0 Å². The third-order valence-electron chi connectivity index (χ3n) is 5.43. The van der Waals surface area contributed by atoms with Crippen molar-refractivity contribution in [1.29, 1.82) is 0 Å². The van der Waals surface area contributed by atoms with Crippen LogP contribution in [-0.2, 0) is 17.8 Å². The molecule has 26 heavy (non-hydrogen) atoms. The molecular weight excluding hydrogens is 333 g/mol. The summed E-state index contributed by atoms with van der Waals surface area (Å²) in [5, 5.41) is 10.8. The number of rotatable bonds is 4. The van der Waals surface area contributed by atoms with E-state index in [4.69, 9.17) is 4.74 Å². The highest BCUT2D eigenvalue weighted by atomic mass is 19.1. The van der Waals surface area contributed by atoms with E-state index in [0.29, 0.717) is 0 Å². The number of halogens is 1. The van der Waals surface area contributed by atoms with Crippen molar-refractivity contribution in [2.45, 2.75) is 25.9 Å². The van der Waals surface area contributed by atoms with Gasteiger partial charge in [-0.15, -0.1) is 0 Å². The maximum absolute atomic E-state index is 13.1. The molecule has 2 aromatic rings. The minimum Gasteiger partial charge on any atom is -0.379 e. The molecular formula is C19H26FN5O. The van der Waals surface area contributed by atoms with Crippen LogP contribution in [-0.4, -0.2) is 64.6 Å². The van der Waals surface area contributed by atoms with Gasteiger partial charge in [-0.1, -0.05) is 12.1 Å². The van der Waals surface area contributed by atoms with Crippen molar-refractivity contribution >= 4 is 0 Å². The Kier molecular flexibility index (Phi) is 5.28. The molecule has 7 heteroatoms. The van der Waals surface area contributed by atoms with Crippen molar-refractivity contribution < 1.29 is 9.13 Å². The van der Waals surface area contributed by atoms with E-state index in [1.54, 1.807) is 18.3 Å². The fraction of sp³-hybridized carbons (Fsp3) is 0.579. The molecule has 1 aromatic heterocycles. The van der Waals surface area contributed by atoms with Crippen LogP contribution in [0.15, 0.2) is 30.5 Å². The standard InChI is InChI=1S/C19H26FN5O/c20-17-4-2-16(3-5-17)11-24-7-1-6-19(13-24)14-25(8-9-26-15-19)12-18-10-21-23-22-18/h2-5,10H,1,6-9,11-15H2,(H,21,22,23)/t19-/m0/s1. The summed E-state index contributed by atoms with van der Waals surface area (Å²) in [6, 6.07) is 6.86. The molecule has 0 radical (unpaired) electrons. The third kappa shape index (κ3) is 4.28. The first-order valence-electron chi connectivity index (χ1n) is 9.32. The smallest absolute Gasteiger partial charge is 0.123 e. The van der Waals surface area contributed by atoms with E-state index in [0.717, 1.165) is 63.7 Å². The highest BCUT2D eigenvalue weighted by Crippen LogP contribution is 2.34. The summed E-state index contributed by atoms with van der Waals surface area (Å²) in [6.45, 7) is 7.28. The van der Waals surface area contributed by atoms with Crippen LogP contribution in [0.4, 0.5) is 4.39 Å². The van der Waals surface area contributed by atoms with Crippen LogP contribution in [0.1, 0.15) is 24.1 Å². The summed E-state index contributed by atoms with van der Waals surface area (Å²) in [6.07, 6.45) is 4.14. The fourth-order valence-electron chi connectivity index (χ4n) is 4.29. The van der Waals surface area contributed by atoms with E-state index in [1.807, 2.05) is 12.1 Å². The Morgan fingerprint density at radius 1 is 1.12 bits per heavy atom. The van der Waals surface area contributed by atoms with Gasteiger partial charge in [-0.2, -0.15) is 15.4 Å². The predicted molar refractivity (Wildman–Crippen MR) is 95.8 cm³/mol. The van der Waals surface area contributed by atoms with E-state index in [9.17, 15) is 4.39 Å². The number of aromatic amines is 1. The van der Waals surface area contributed by atoms with Crippen LogP contribution in [0.2, 0.25) is 0 Å². The van der Waals surface area contributed by atoms with Gasteiger partial charge in [0.15, 0.2) is 0 Å². The number of likely N-dealkylation sites (tertiary alicyclic amines) is 1. The Balaban J connectivity index is 1.42. The van der Waals surface area contributed by atoms with E-state index < -0.39 is 0 Å². The molecule has 2 aliphatic heterocycles. The Labute approximate surface area is 153 Å². The maximum Gasteiger partial charge on any atom is 0.123 e. The quantitative estimate of drug-likeness (QED) is 0.906. The average molecular weight is 359 g/mol. The molecule has 1 aromatic carbocycles. The summed E-state index contributed by atoms with van der Waals surface area (Å²) in [4.78, 5) is 4.92. The van der Waals surface area contributed by atoms with E-state index >= 15 is 0 Å². The number of nitrogens with one attached hydrogen (secondary N) is 1. The topological polar surface area (TPSA) is 57.3 Å². The minimum absolute atomic E-state index is 0.151. The van der Waals surface area contributed by atoms with Crippen LogP contribution >= 0.6 is 0 Å². The molecule has 1 atom stereocenters. The largest absolute Gasteiger partial charge is 0.379 e. The lowest BCUT2D eigenvalue weighted by molar-refractivity contribution is 0.00241. The van der Waals surface area contributed by atoms with Crippen LogP contribution < -0.4 is 0 Å². The van der Waals surface area contributed by atoms with Crippen molar-refractivity contribution in [3.8, 4) is 0 Å². The van der Waals surface area contributed by atoms with Crippen molar-refractivity contribution in [3.05, 3.63) is 47.5 Å². The van der Waals surface area contributed by atoms with Gasteiger partial charge in [0.25, 0.3) is 0 Å². The molecule has 140 valence electrons. The Morgan fingerprint density at radius 3 is 2.69 bits per heavy atom. The van der Waals surface area contributed by atoms with E-state index in [1.165, 1.54) is 12.8 Å². The second kappa shape index (κ2) is 7.82. The van der Waals surface area contributed by atoms with Gasteiger partial charge >= 0.3 is 0 Å². The number of aromatic nitrogens is 3. The lowest BCUT2D eigenvalue weighted by atomic mass is 9.80. The fourth-order valence-corrected chi connectivity index (χ4v) is 4.29. The lowest BCUT2D eigenvalue weighted by Crippen LogP contribution is -2.50. The van der Waals surface area contributed by atoms with Gasteiger partial charge in [0, 0.05) is 38.1 Å². The summed E-state index contributed by atoms with van der Waals surface area (Å²) in [5.74, 6) is -0.176. The predicted octanol–water partition coefficient (Wildman–Crippen LogP) is 2.06. The highest BCUT2D eigenvalue weighted by molar-refractivity contribution is 5.16. The summed E-state index contributed by atoms with van der Waals surface area (Å²) < 4.78 is 19.1. The zero-order valence-electron chi connectivity index (χ0n) is 15.0. The van der Waals surface area contributed by atoms with Crippen LogP contribution in [0.3, 0.4) is 0 Å². The molecule has 3 heterocycles. The second-order valence-electron chi connectivity index (χ2n) is 7.67. The molecule has 1 spiro atoms. The number of piperidine rings is 1. The van der Waals surface area contributed by atoms with Gasteiger partial charge < -0.3 is 4.74 Å². The van der Waals surface area contributed by atoms with Crippen molar-refractivity contribution in [2.75, 3.05) is 39.4 Å². The molecule has 4 rings (SSSR count). The summed E-state index contributed by atoms with van der Waals surface area (Å²) in [7, 11) is 0. The molecule has 0 saturated carbocycles. The van der Waals surface area contributed by atoms with Gasteiger partial charge in [-0.3, -0.25) is 9.80 Å². The Morgan fingerprint density at radius 2 is 1.92 bits per heavy atom. The number of benzene rings is 1. The zero-order valence-corrected chi connectivity index (χ0v) is 15.0. The highest BCUT2D eigenvalue weighted by Gasteiger charge is 2.38.